The summed E-state index contributed by atoms with van der Waals surface area (Å²) in [6.45, 7) is 1.68. The number of halogens is 4. The molecule has 8 aromatic rings. The molecular formula is C42H30Cl2F2N2. The first-order valence-corrected chi connectivity index (χ1v) is 16.3. The second-order valence-electron chi connectivity index (χ2n) is 11.7. The van der Waals surface area contributed by atoms with Crippen LogP contribution < -0.4 is 0 Å². The normalized spacial score (nSPS) is 11.1. The number of fused-ring (bicyclic) bond motifs is 2. The van der Waals surface area contributed by atoms with Crippen LogP contribution in [0.15, 0.2) is 158 Å². The van der Waals surface area contributed by atoms with Gasteiger partial charge in [-0.15, -0.1) is 0 Å². The molecule has 236 valence electrons. The number of benzene rings is 6. The summed E-state index contributed by atoms with van der Waals surface area (Å²) < 4.78 is 31.1. The number of hydrogen-bond acceptors (Lipinski definition) is 0. The van der Waals surface area contributed by atoms with Crippen molar-refractivity contribution in [3.05, 3.63) is 191 Å². The van der Waals surface area contributed by atoms with E-state index in [0.29, 0.717) is 0 Å². The molecule has 0 spiro atoms. The Kier molecular flexibility index (Phi) is 9.11. The molecule has 0 saturated carbocycles. The van der Waals surface area contributed by atoms with Crippen molar-refractivity contribution in [1.82, 2.24) is 9.13 Å². The van der Waals surface area contributed by atoms with Gasteiger partial charge in [0.15, 0.2) is 0 Å². The summed E-state index contributed by atoms with van der Waals surface area (Å²) in [6, 6.07) is 47.1. The number of nitrogens with zero attached hydrogens (tertiary/aromatic N) is 2. The lowest BCUT2D eigenvalue weighted by Gasteiger charge is -2.07. The zero-order valence-electron chi connectivity index (χ0n) is 25.8. The molecule has 8 rings (SSSR count). The molecule has 0 aliphatic rings. The maximum atomic E-state index is 13.3. The Morgan fingerprint density at radius 1 is 0.417 bits per heavy atom. The number of rotatable bonds is 6. The zero-order chi connectivity index (χ0) is 33.0. The summed E-state index contributed by atoms with van der Waals surface area (Å²) >= 11 is 11.8. The van der Waals surface area contributed by atoms with E-state index in [1.165, 1.54) is 34.3 Å². The summed E-state index contributed by atoms with van der Waals surface area (Å²) in [5.74, 6) is -0.786. The Morgan fingerprint density at radius 2 is 0.792 bits per heavy atom. The Balaban J connectivity index is 0.000000152. The molecule has 2 nitrogen and oxygen atoms in total. The highest BCUT2D eigenvalue weighted by molar-refractivity contribution is 6.31. The largest absolute Gasteiger partial charge is 0.343 e. The van der Waals surface area contributed by atoms with E-state index < -0.39 is 11.6 Å². The zero-order valence-corrected chi connectivity index (χ0v) is 27.3. The van der Waals surface area contributed by atoms with Gasteiger partial charge in [-0.05, 0) is 94.0 Å². The van der Waals surface area contributed by atoms with Crippen molar-refractivity contribution < 1.29 is 8.78 Å². The first kappa shape index (κ1) is 31.4. The van der Waals surface area contributed by atoms with Crippen LogP contribution in [0, 0.1) is 11.6 Å². The Bertz CT molecular complexity index is 2180. The molecule has 0 aliphatic heterocycles. The van der Waals surface area contributed by atoms with Gasteiger partial charge in [-0.25, -0.2) is 8.78 Å². The van der Waals surface area contributed by atoms with Gasteiger partial charge >= 0.3 is 0 Å². The molecule has 48 heavy (non-hydrogen) atoms. The van der Waals surface area contributed by atoms with E-state index in [0.717, 1.165) is 46.1 Å². The minimum Gasteiger partial charge on any atom is -0.343 e. The molecule has 0 aliphatic carbocycles. The van der Waals surface area contributed by atoms with Crippen LogP contribution in [0.1, 0.15) is 11.1 Å². The lowest BCUT2D eigenvalue weighted by Crippen LogP contribution is -1.97. The van der Waals surface area contributed by atoms with Crippen molar-refractivity contribution >= 4 is 45.0 Å². The topological polar surface area (TPSA) is 9.86 Å². The second-order valence-corrected chi connectivity index (χ2v) is 12.5. The molecular weight excluding hydrogens is 641 g/mol. The van der Waals surface area contributed by atoms with E-state index in [9.17, 15) is 8.78 Å². The summed E-state index contributed by atoms with van der Waals surface area (Å²) in [7, 11) is 0. The van der Waals surface area contributed by atoms with Gasteiger partial charge in [0, 0.05) is 47.3 Å². The van der Waals surface area contributed by atoms with E-state index in [2.05, 4.69) is 106 Å². The van der Waals surface area contributed by atoms with Crippen LogP contribution in [0.25, 0.3) is 44.1 Å². The van der Waals surface area contributed by atoms with Gasteiger partial charge in [0.2, 0.25) is 0 Å². The van der Waals surface area contributed by atoms with Crippen molar-refractivity contribution in [2.24, 2.45) is 0 Å². The van der Waals surface area contributed by atoms with Crippen LogP contribution in [0.4, 0.5) is 8.78 Å². The standard InChI is InChI=1S/2C21H15ClFN/c2*22-19-13-17(6-8-20(19)23)16-7-9-21-18(12-16)10-11-24(21)14-15-4-2-1-3-5-15/h2*1-13H,14H2. The van der Waals surface area contributed by atoms with E-state index in [-0.39, 0.29) is 10.0 Å². The molecule has 6 heteroatoms. The van der Waals surface area contributed by atoms with Gasteiger partial charge in [0.05, 0.1) is 10.0 Å². The molecule has 0 bridgehead atoms. The number of hydrogen-bond donors (Lipinski definition) is 0. The summed E-state index contributed by atoms with van der Waals surface area (Å²) in [4.78, 5) is 0. The first-order valence-electron chi connectivity index (χ1n) is 15.6. The molecule has 2 aromatic heterocycles. The van der Waals surface area contributed by atoms with Crippen LogP contribution in [0.5, 0.6) is 0 Å². The minimum absolute atomic E-state index is 0.147. The van der Waals surface area contributed by atoms with Gasteiger partial charge in [-0.1, -0.05) is 108 Å². The van der Waals surface area contributed by atoms with Crippen LogP contribution in [-0.4, -0.2) is 9.13 Å². The average Bonchev–Trinajstić information content (AvgIpc) is 3.71. The molecule has 0 radical (unpaired) electrons. The van der Waals surface area contributed by atoms with Crippen molar-refractivity contribution in [3.63, 3.8) is 0 Å². The maximum Gasteiger partial charge on any atom is 0.141 e. The summed E-state index contributed by atoms with van der Waals surface area (Å²) in [6.07, 6.45) is 4.19. The number of aromatic nitrogens is 2. The predicted molar refractivity (Wildman–Crippen MR) is 196 cm³/mol. The first-order chi connectivity index (χ1) is 23.4. The molecule has 0 fully saturated rings. The molecule has 6 aromatic carbocycles. The van der Waals surface area contributed by atoms with E-state index >= 15 is 0 Å². The van der Waals surface area contributed by atoms with Gasteiger partial charge in [0.25, 0.3) is 0 Å². The van der Waals surface area contributed by atoms with Crippen molar-refractivity contribution in [3.8, 4) is 22.3 Å². The van der Waals surface area contributed by atoms with Crippen molar-refractivity contribution in [2.75, 3.05) is 0 Å². The van der Waals surface area contributed by atoms with Gasteiger partial charge < -0.3 is 9.13 Å². The molecule has 2 heterocycles. The highest BCUT2D eigenvalue weighted by Gasteiger charge is 2.09. The Hall–Kier alpha value is -5.16. The third-order valence-electron chi connectivity index (χ3n) is 8.44. The van der Waals surface area contributed by atoms with Crippen LogP contribution >= 0.6 is 23.2 Å². The monoisotopic (exact) mass is 670 g/mol. The maximum absolute atomic E-state index is 13.3. The SMILES string of the molecule is Fc1ccc(-c2ccc3c(ccn3Cc3ccccc3)c2)cc1Cl.Fc1ccc(-c2ccc3c(ccn3Cc3ccccc3)c2)cc1Cl. The smallest absolute Gasteiger partial charge is 0.141 e. The Labute approximate surface area is 288 Å². The predicted octanol–water partition coefficient (Wildman–Crippen LogP) is 12.3. The van der Waals surface area contributed by atoms with Gasteiger partial charge in [0.1, 0.15) is 11.6 Å². The van der Waals surface area contributed by atoms with E-state index in [1.54, 1.807) is 24.3 Å². The van der Waals surface area contributed by atoms with Crippen molar-refractivity contribution in [2.45, 2.75) is 13.1 Å². The van der Waals surface area contributed by atoms with Crippen LogP contribution in [0.2, 0.25) is 10.0 Å². The fourth-order valence-corrected chi connectivity index (χ4v) is 6.31. The second kappa shape index (κ2) is 13.9. The molecule has 0 unspecified atom stereocenters. The fourth-order valence-electron chi connectivity index (χ4n) is 5.95. The van der Waals surface area contributed by atoms with Crippen LogP contribution in [0.3, 0.4) is 0 Å². The van der Waals surface area contributed by atoms with E-state index in [1.807, 2.05) is 24.3 Å². The fraction of sp³-hybridized carbons (Fsp3) is 0.0476. The lowest BCUT2D eigenvalue weighted by molar-refractivity contribution is 0.628. The van der Waals surface area contributed by atoms with E-state index in [4.69, 9.17) is 23.2 Å². The third kappa shape index (κ3) is 6.91. The molecule has 0 amide bonds. The summed E-state index contributed by atoms with van der Waals surface area (Å²) in [5, 5.41) is 2.61. The van der Waals surface area contributed by atoms with Crippen LogP contribution in [-0.2, 0) is 13.1 Å². The lowest BCUT2D eigenvalue weighted by atomic mass is 10.0. The highest BCUT2D eigenvalue weighted by Crippen LogP contribution is 2.30. The van der Waals surface area contributed by atoms with Gasteiger partial charge in [-0.3, -0.25) is 0 Å². The molecule has 0 atom stereocenters. The molecule has 0 N–H and O–H groups in total. The third-order valence-corrected chi connectivity index (χ3v) is 9.02. The van der Waals surface area contributed by atoms with Crippen molar-refractivity contribution in [1.29, 1.82) is 0 Å². The summed E-state index contributed by atoms with van der Waals surface area (Å²) in [5.41, 5.74) is 8.78. The Morgan fingerprint density at radius 3 is 1.19 bits per heavy atom. The quantitative estimate of drug-likeness (QED) is 0.167. The molecule has 0 saturated heterocycles. The van der Waals surface area contributed by atoms with Gasteiger partial charge in [-0.2, -0.15) is 0 Å². The minimum atomic E-state index is -0.393. The average molecular weight is 672 g/mol. The highest BCUT2D eigenvalue weighted by atomic mass is 35.5.